The highest BCUT2D eigenvalue weighted by Gasteiger charge is 2.07. The fraction of sp³-hybridized carbons (Fsp3) is 0.723. The van der Waals surface area contributed by atoms with Crippen molar-refractivity contribution in [3.8, 4) is 5.75 Å². The number of carbonyl (C=O) groups excluding carboxylic acids is 1. The zero-order valence-electron chi connectivity index (χ0n) is 37.6. The van der Waals surface area contributed by atoms with E-state index >= 15 is 0 Å². The van der Waals surface area contributed by atoms with Gasteiger partial charge in [-0.2, -0.15) is 0 Å². The van der Waals surface area contributed by atoms with Gasteiger partial charge in [0, 0.05) is 12.2 Å². The fourth-order valence-corrected chi connectivity index (χ4v) is 5.57. The summed E-state index contributed by atoms with van der Waals surface area (Å²) in [5.74, 6) is 0.520. The maximum absolute atomic E-state index is 12.2. The molecule has 0 aliphatic carbocycles. The highest BCUT2D eigenvalue weighted by molar-refractivity contribution is 5.89. The first-order valence-corrected chi connectivity index (χ1v) is 22.7. The molecule has 2 rings (SSSR count). The summed E-state index contributed by atoms with van der Waals surface area (Å²) in [6.07, 6.45) is 11.3. The van der Waals surface area contributed by atoms with Crippen molar-refractivity contribution >= 4 is 11.7 Å². The van der Waals surface area contributed by atoms with E-state index < -0.39 is 0 Å². The van der Waals surface area contributed by atoms with Gasteiger partial charge in [0.05, 0.1) is 138 Å². The molecule has 0 bridgehead atoms. The smallest absolute Gasteiger partial charge is 0.338 e. The van der Waals surface area contributed by atoms with Crippen LogP contribution in [0.5, 0.6) is 5.75 Å². The lowest BCUT2D eigenvalue weighted by Crippen LogP contribution is -2.16. The summed E-state index contributed by atoms with van der Waals surface area (Å²) < 4.78 is 66.3. The number of nitrogens with one attached hydrogen (secondary N) is 1. The summed E-state index contributed by atoms with van der Waals surface area (Å²) in [5, 5.41) is 3.32. The SMILES string of the molecule is CCCCCCCCc1ccc(OCCOCCOCCOCCOCCOCCOCCOCCOCCOCCOCCOC(=O)c2ccc(NCCCC)cc2)cc1. The molecule has 2 aromatic carbocycles. The van der Waals surface area contributed by atoms with Gasteiger partial charge in [-0.3, -0.25) is 0 Å². The van der Waals surface area contributed by atoms with Gasteiger partial charge in [-0.1, -0.05) is 64.5 Å². The molecule has 0 aliphatic heterocycles. The number of rotatable bonds is 46. The maximum Gasteiger partial charge on any atom is 0.338 e. The number of benzene rings is 2. The summed E-state index contributed by atoms with van der Waals surface area (Å²) in [7, 11) is 0. The third-order valence-electron chi connectivity index (χ3n) is 9.03. The minimum absolute atomic E-state index is 0.189. The molecule has 0 unspecified atom stereocenters. The number of anilines is 1. The van der Waals surface area contributed by atoms with Crippen molar-refractivity contribution in [3.63, 3.8) is 0 Å². The number of carbonyl (C=O) groups is 1. The Balaban J connectivity index is 1.18. The molecule has 0 spiro atoms. The van der Waals surface area contributed by atoms with E-state index in [0.29, 0.717) is 144 Å². The Morgan fingerprint density at radius 2 is 0.787 bits per heavy atom. The van der Waals surface area contributed by atoms with Crippen LogP contribution >= 0.6 is 0 Å². The van der Waals surface area contributed by atoms with E-state index in [1.165, 1.54) is 44.1 Å². The average molecular weight is 866 g/mol. The van der Waals surface area contributed by atoms with E-state index in [-0.39, 0.29) is 12.6 Å². The van der Waals surface area contributed by atoms with E-state index in [2.05, 4.69) is 31.3 Å². The third kappa shape index (κ3) is 34.3. The van der Waals surface area contributed by atoms with Crippen molar-refractivity contribution in [3.05, 3.63) is 59.7 Å². The molecule has 0 saturated carbocycles. The van der Waals surface area contributed by atoms with E-state index in [9.17, 15) is 4.79 Å². The summed E-state index contributed by atoms with van der Waals surface area (Å²) in [4.78, 5) is 12.2. The maximum atomic E-state index is 12.2. The average Bonchev–Trinajstić information content (AvgIpc) is 3.28. The Bertz CT molecular complexity index is 1220. The van der Waals surface area contributed by atoms with Gasteiger partial charge in [0.15, 0.2) is 0 Å². The Hall–Kier alpha value is -2.89. The van der Waals surface area contributed by atoms with Crippen LogP contribution in [-0.4, -0.2) is 158 Å². The second-order valence-corrected chi connectivity index (χ2v) is 14.1. The lowest BCUT2D eigenvalue weighted by atomic mass is 10.0. The molecule has 0 aromatic heterocycles. The topological polar surface area (TPSA) is 140 Å². The molecule has 0 aliphatic rings. The molecule has 1 N–H and O–H groups in total. The standard InChI is InChI=1S/C47H79NO13/c1-3-5-7-8-9-10-11-43-12-18-46(19-13-43)60-41-39-58-37-35-56-33-31-54-29-27-52-25-23-50-21-22-51-24-26-53-28-30-55-32-34-57-36-38-59-40-42-61-47(49)44-14-16-45(17-15-44)48-20-6-4-2/h12-19,48H,3-11,20-42H2,1-2H3. The Morgan fingerprint density at radius 1 is 0.410 bits per heavy atom. The fourth-order valence-electron chi connectivity index (χ4n) is 5.57. The predicted octanol–water partition coefficient (Wildman–Crippen LogP) is 7.20. The normalized spacial score (nSPS) is 11.3. The lowest BCUT2D eigenvalue weighted by molar-refractivity contribution is -0.0273. The molecule has 14 nitrogen and oxygen atoms in total. The van der Waals surface area contributed by atoms with E-state index in [0.717, 1.165) is 37.2 Å². The van der Waals surface area contributed by atoms with Gasteiger partial charge in [-0.05, 0) is 61.2 Å². The van der Waals surface area contributed by atoms with Crippen LogP contribution in [0.4, 0.5) is 5.69 Å². The molecule has 0 saturated heterocycles. The number of hydrogen-bond acceptors (Lipinski definition) is 14. The second kappa shape index (κ2) is 42.4. The highest BCUT2D eigenvalue weighted by atomic mass is 16.6. The van der Waals surface area contributed by atoms with E-state index in [1.54, 1.807) is 12.1 Å². The van der Waals surface area contributed by atoms with E-state index in [4.69, 9.17) is 56.8 Å². The lowest BCUT2D eigenvalue weighted by Gasteiger charge is -2.09. The first-order valence-electron chi connectivity index (χ1n) is 22.7. The number of hydrogen-bond donors (Lipinski definition) is 1. The van der Waals surface area contributed by atoms with Crippen molar-refractivity contribution < 1.29 is 61.6 Å². The van der Waals surface area contributed by atoms with Gasteiger partial charge in [0.2, 0.25) is 0 Å². The number of ether oxygens (including phenoxy) is 12. The largest absolute Gasteiger partial charge is 0.491 e. The first kappa shape index (κ1) is 54.2. The Labute approximate surface area is 366 Å². The zero-order valence-corrected chi connectivity index (χ0v) is 37.6. The predicted molar refractivity (Wildman–Crippen MR) is 237 cm³/mol. The number of aryl methyl sites for hydroxylation is 1. The minimum Gasteiger partial charge on any atom is -0.491 e. The molecule has 61 heavy (non-hydrogen) atoms. The van der Waals surface area contributed by atoms with Crippen molar-refractivity contribution in [1.29, 1.82) is 0 Å². The molecule has 0 radical (unpaired) electrons. The van der Waals surface area contributed by atoms with Crippen LogP contribution < -0.4 is 10.1 Å². The molecule has 0 heterocycles. The van der Waals surface area contributed by atoms with Gasteiger partial charge in [-0.25, -0.2) is 4.79 Å². The summed E-state index contributed by atoms with van der Waals surface area (Å²) >= 11 is 0. The van der Waals surface area contributed by atoms with Crippen LogP contribution in [0.3, 0.4) is 0 Å². The zero-order chi connectivity index (χ0) is 43.4. The monoisotopic (exact) mass is 866 g/mol. The van der Waals surface area contributed by atoms with Crippen LogP contribution in [0, 0.1) is 0 Å². The molecule has 2 aromatic rings. The van der Waals surface area contributed by atoms with Gasteiger partial charge in [0.25, 0.3) is 0 Å². The highest BCUT2D eigenvalue weighted by Crippen LogP contribution is 2.15. The first-order chi connectivity index (χ1) is 30.2. The number of esters is 1. The van der Waals surface area contributed by atoms with Crippen molar-refractivity contribution in [1.82, 2.24) is 0 Å². The molecule has 350 valence electrons. The van der Waals surface area contributed by atoms with Crippen molar-refractivity contribution in [2.45, 2.75) is 71.6 Å². The van der Waals surface area contributed by atoms with Gasteiger partial charge < -0.3 is 62.2 Å². The van der Waals surface area contributed by atoms with Crippen LogP contribution in [0.1, 0.15) is 81.1 Å². The Kier molecular flexibility index (Phi) is 37.7. The van der Waals surface area contributed by atoms with Crippen LogP contribution in [-0.2, 0) is 58.5 Å². The van der Waals surface area contributed by atoms with Crippen LogP contribution in [0.2, 0.25) is 0 Å². The Morgan fingerprint density at radius 3 is 1.21 bits per heavy atom. The summed E-state index contributed by atoms with van der Waals surface area (Å²) in [6.45, 7) is 15.6. The van der Waals surface area contributed by atoms with Crippen LogP contribution in [0.15, 0.2) is 48.5 Å². The van der Waals surface area contributed by atoms with Gasteiger partial charge >= 0.3 is 5.97 Å². The van der Waals surface area contributed by atoms with Gasteiger partial charge in [-0.15, -0.1) is 0 Å². The number of unbranched alkanes of at least 4 members (excludes halogenated alkanes) is 6. The minimum atomic E-state index is -0.361. The van der Waals surface area contributed by atoms with Crippen molar-refractivity contribution in [2.24, 2.45) is 0 Å². The summed E-state index contributed by atoms with van der Waals surface area (Å²) in [5.41, 5.74) is 2.89. The van der Waals surface area contributed by atoms with E-state index in [1.807, 2.05) is 24.3 Å². The molecule has 0 atom stereocenters. The molecule has 0 amide bonds. The third-order valence-corrected chi connectivity index (χ3v) is 9.03. The van der Waals surface area contributed by atoms with Gasteiger partial charge in [0.1, 0.15) is 19.0 Å². The quantitative estimate of drug-likeness (QED) is 0.0530. The van der Waals surface area contributed by atoms with Crippen molar-refractivity contribution in [2.75, 3.05) is 157 Å². The molecule has 14 heteroatoms. The van der Waals surface area contributed by atoms with Crippen LogP contribution in [0.25, 0.3) is 0 Å². The molecular formula is C47H79NO13. The molecular weight excluding hydrogens is 787 g/mol. The second-order valence-electron chi connectivity index (χ2n) is 14.1. The molecule has 0 fully saturated rings. The summed E-state index contributed by atoms with van der Waals surface area (Å²) in [6, 6.07) is 15.7.